The van der Waals surface area contributed by atoms with E-state index in [4.69, 9.17) is 17.0 Å². The number of pyridine rings is 1. The molecule has 0 aliphatic carbocycles. The van der Waals surface area contributed by atoms with Crippen LogP contribution >= 0.6 is 12.2 Å². The number of anilines is 2. The predicted octanol–water partition coefficient (Wildman–Crippen LogP) is 4.74. The van der Waals surface area contributed by atoms with Gasteiger partial charge in [-0.2, -0.15) is 0 Å². The molecule has 0 radical (unpaired) electrons. The number of carboxylic acid groups (broad SMARTS) is 1. The normalized spacial score (nSPS) is 16.9. The van der Waals surface area contributed by atoms with Crippen molar-refractivity contribution < 1.29 is 23.1 Å². The Bertz CT molecular complexity index is 1740. The van der Waals surface area contributed by atoms with E-state index in [1.54, 1.807) is 42.6 Å². The second kappa shape index (κ2) is 10.9. The summed E-state index contributed by atoms with van der Waals surface area (Å²) in [6.07, 6.45) is 2.81. The molecule has 2 aromatic heterocycles. The number of aromatic nitrogens is 2. The molecule has 41 heavy (non-hydrogen) atoms. The zero-order valence-electron chi connectivity index (χ0n) is 22.8. The van der Waals surface area contributed by atoms with Gasteiger partial charge in [-0.15, -0.1) is 0 Å². The van der Waals surface area contributed by atoms with Crippen LogP contribution < -0.4 is 19.7 Å². The Labute approximate surface area is 243 Å². The quantitative estimate of drug-likeness (QED) is 0.249. The summed E-state index contributed by atoms with van der Waals surface area (Å²) in [7, 11) is -2.10. The highest BCUT2D eigenvalue weighted by atomic mass is 32.2. The minimum atomic E-state index is -3.58. The minimum absolute atomic E-state index is 0.209. The molecule has 4 aromatic rings. The minimum Gasteiger partial charge on any atom is -0.495 e. The highest BCUT2D eigenvalue weighted by molar-refractivity contribution is 7.92. The summed E-state index contributed by atoms with van der Waals surface area (Å²) in [5, 5.41) is 13.2. The lowest BCUT2D eigenvalue weighted by Crippen LogP contribution is -2.29. The molecule has 3 heterocycles. The van der Waals surface area contributed by atoms with Gasteiger partial charge in [0.05, 0.1) is 42.4 Å². The SMILES string of the molecule is COc1ccc(N2C(=S)N[C@@H](c3ccccn3)[C@H]2c2cc(C)n(-c3ccc(C(=O)O)cc3)c2C)cc1NS(C)(=O)=O. The summed E-state index contributed by atoms with van der Waals surface area (Å²) < 4.78 is 34.2. The number of methoxy groups -OCH3 is 1. The van der Waals surface area contributed by atoms with Crippen LogP contribution in [0.5, 0.6) is 5.75 Å². The Morgan fingerprint density at radius 3 is 2.39 bits per heavy atom. The summed E-state index contributed by atoms with van der Waals surface area (Å²) in [6, 6.07) is 19.1. The van der Waals surface area contributed by atoms with E-state index in [-0.39, 0.29) is 17.6 Å². The molecule has 0 saturated carbocycles. The number of hydrogen-bond donors (Lipinski definition) is 3. The van der Waals surface area contributed by atoms with Gasteiger partial charge >= 0.3 is 5.97 Å². The Hall–Kier alpha value is -4.42. The molecule has 1 aliphatic rings. The fraction of sp³-hybridized carbons (Fsp3) is 0.207. The standard InChI is InChI=1S/C29H29N5O5S2/c1-17-15-22(18(2)33(17)20-10-8-19(9-11-20)28(35)36)27-26(23-7-5-6-14-30-23)31-29(40)34(27)21-12-13-25(39-3)24(16-21)32-41(4,37)38/h5-16,26-27,32H,1-4H3,(H,31,40)(H,35,36)/t26-,27+/m0/s1. The molecule has 212 valence electrons. The van der Waals surface area contributed by atoms with Crippen molar-refractivity contribution in [2.75, 3.05) is 23.0 Å². The Kier molecular flexibility index (Phi) is 7.45. The smallest absolute Gasteiger partial charge is 0.335 e. The highest BCUT2D eigenvalue weighted by Gasteiger charge is 2.42. The molecule has 5 rings (SSSR count). The van der Waals surface area contributed by atoms with Crippen LogP contribution in [-0.4, -0.2) is 47.5 Å². The largest absolute Gasteiger partial charge is 0.495 e. The fourth-order valence-corrected chi connectivity index (χ4v) is 6.22. The zero-order chi connectivity index (χ0) is 29.5. The van der Waals surface area contributed by atoms with Crippen molar-refractivity contribution in [3.63, 3.8) is 0 Å². The number of rotatable bonds is 8. The maximum atomic E-state index is 12.1. The van der Waals surface area contributed by atoms with Crippen molar-refractivity contribution >= 4 is 44.7 Å². The number of hydrogen-bond acceptors (Lipinski definition) is 6. The van der Waals surface area contributed by atoms with Crippen molar-refractivity contribution in [2.24, 2.45) is 0 Å². The average molecular weight is 592 g/mol. The van der Waals surface area contributed by atoms with E-state index in [1.807, 2.05) is 43.0 Å². The Balaban J connectivity index is 1.66. The summed E-state index contributed by atoms with van der Waals surface area (Å²) >= 11 is 5.86. The number of nitrogens with one attached hydrogen (secondary N) is 2. The third-order valence-electron chi connectivity index (χ3n) is 7.02. The van der Waals surface area contributed by atoms with Crippen molar-refractivity contribution in [2.45, 2.75) is 25.9 Å². The lowest BCUT2D eigenvalue weighted by Gasteiger charge is -2.29. The van der Waals surface area contributed by atoms with Crippen LogP contribution in [0.15, 0.2) is 72.9 Å². The number of aryl methyl sites for hydroxylation is 1. The van der Waals surface area contributed by atoms with Crippen LogP contribution in [-0.2, 0) is 10.0 Å². The highest BCUT2D eigenvalue weighted by Crippen LogP contribution is 2.45. The second-order valence-electron chi connectivity index (χ2n) is 9.77. The average Bonchev–Trinajstić information content (AvgIpc) is 3.43. The van der Waals surface area contributed by atoms with E-state index in [9.17, 15) is 18.3 Å². The molecule has 12 heteroatoms. The number of benzene rings is 2. The maximum Gasteiger partial charge on any atom is 0.335 e. The Morgan fingerprint density at radius 1 is 1.07 bits per heavy atom. The van der Waals surface area contributed by atoms with Crippen LogP contribution in [0.1, 0.15) is 45.1 Å². The van der Waals surface area contributed by atoms with Gasteiger partial charge in [0.25, 0.3) is 0 Å². The summed E-state index contributed by atoms with van der Waals surface area (Å²) in [6.45, 7) is 4.00. The fourth-order valence-electron chi connectivity index (χ4n) is 5.31. The first-order chi connectivity index (χ1) is 19.5. The van der Waals surface area contributed by atoms with Gasteiger partial charge in [-0.25, -0.2) is 13.2 Å². The first-order valence-corrected chi connectivity index (χ1v) is 15.0. The van der Waals surface area contributed by atoms with E-state index >= 15 is 0 Å². The van der Waals surface area contributed by atoms with Gasteiger partial charge in [0, 0.05) is 29.0 Å². The molecule has 0 unspecified atom stereocenters. The van der Waals surface area contributed by atoms with Crippen LogP contribution in [0.4, 0.5) is 11.4 Å². The number of thiocarbonyl (C=S) groups is 1. The molecule has 2 atom stereocenters. The molecule has 2 aromatic carbocycles. The van der Waals surface area contributed by atoms with Crippen LogP contribution in [0.2, 0.25) is 0 Å². The Morgan fingerprint density at radius 2 is 1.78 bits per heavy atom. The first kappa shape index (κ1) is 28.1. The van der Waals surface area contributed by atoms with E-state index < -0.39 is 16.0 Å². The number of nitrogens with zero attached hydrogens (tertiary/aromatic N) is 3. The van der Waals surface area contributed by atoms with E-state index in [0.29, 0.717) is 22.2 Å². The van der Waals surface area contributed by atoms with Crippen molar-refractivity contribution in [3.05, 3.63) is 101 Å². The number of carbonyl (C=O) groups is 1. The van der Waals surface area contributed by atoms with Gasteiger partial charge in [0.15, 0.2) is 5.11 Å². The molecule has 1 fully saturated rings. The summed E-state index contributed by atoms with van der Waals surface area (Å²) in [5.74, 6) is -0.611. The van der Waals surface area contributed by atoms with Crippen LogP contribution in [0, 0.1) is 13.8 Å². The number of sulfonamides is 1. The van der Waals surface area contributed by atoms with Crippen LogP contribution in [0.3, 0.4) is 0 Å². The molecule has 10 nitrogen and oxygen atoms in total. The van der Waals surface area contributed by atoms with Crippen LogP contribution in [0.25, 0.3) is 5.69 Å². The monoisotopic (exact) mass is 591 g/mol. The molecule has 1 saturated heterocycles. The lowest BCUT2D eigenvalue weighted by molar-refractivity contribution is 0.0697. The first-order valence-electron chi connectivity index (χ1n) is 12.7. The molecular formula is C29H29N5O5S2. The van der Waals surface area contributed by atoms with Crippen molar-refractivity contribution in [3.8, 4) is 11.4 Å². The van der Waals surface area contributed by atoms with Crippen molar-refractivity contribution in [1.29, 1.82) is 0 Å². The van der Waals surface area contributed by atoms with E-state index in [0.717, 1.165) is 34.6 Å². The maximum absolute atomic E-state index is 12.1. The van der Waals surface area contributed by atoms with E-state index in [1.165, 1.54) is 7.11 Å². The molecule has 0 bridgehead atoms. The predicted molar refractivity (Wildman–Crippen MR) is 162 cm³/mol. The van der Waals surface area contributed by atoms with Gasteiger partial charge in [-0.05, 0) is 92.3 Å². The third-order valence-corrected chi connectivity index (χ3v) is 7.92. The van der Waals surface area contributed by atoms with Gasteiger partial charge < -0.3 is 24.6 Å². The summed E-state index contributed by atoms with van der Waals surface area (Å²) in [4.78, 5) is 18.0. The van der Waals surface area contributed by atoms with Gasteiger partial charge in [-0.3, -0.25) is 9.71 Å². The zero-order valence-corrected chi connectivity index (χ0v) is 24.5. The van der Waals surface area contributed by atoms with Gasteiger partial charge in [0.1, 0.15) is 5.75 Å². The molecule has 1 aliphatic heterocycles. The topological polar surface area (TPSA) is 126 Å². The lowest BCUT2D eigenvalue weighted by atomic mass is 9.96. The molecule has 0 spiro atoms. The number of aromatic carboxylic acids is 1. The third kappa shape index (κ3) is 5.48. The van der Waals surface area contributed by atoms with E-state index in [2.05, 4.69) is 25.7 Å². The second-order valence-corrected chi connectivity index (χ2v) is 11.9. The van der Waals surface area contributed by atoms with Gasteiger partial charge in [0.2, 0.25) is 10.0 Å². The number of ether oxygens (including phenoxy) is 1. The van der Waals surface area contributed by atoms with Gasteiger partial charge in [-0.1, -0.05) is 6.07 Å². The van der Waals surface area contributed by atoms with Crippen molar-refractivity contribution in [1.82, 2.24) is 14.9 Å². The molecular weight excluding hydrogens is 562 g/mol. The summed E-state index contributed by atoms with van der Waals surface area (Å²) in [5.41, 5.74) is 5.65. The molecule has 3 N–H and O–H groups in total. The molecule has 0 amide bonds. The number of carboxylic acids is 1.